The first kappa shape index (κ1) is 26.4. The van der Waals surface area contributed by atoms with Crippen molar-refractivity contribution < 1.29 is 27.1 Å². The zero-order chi connectivity index (χ0) is 28.6. The molecule has 2 aromatic carbocycles. The van der Waals surface area contributed by atoms with Crippen LogP contribution < -0.4 is 16.0 Å². The van der Waals surface area contributed by atoms with Gasteiger partial charge >= 0.3 is 12.2 Å². The molecule has 6 rings (SSSR count). The Kier molecular flexibility index (Phi) is 6.66. The molecule has 0 spiro atoms. The summed E-state index contributed by atoms with van der Waals surface area (Å²) in [6.07, 6.45) is -3.61. The largest absolute Gasteiger partial charge is 0.417 e. The fraction of sp³-hybridized carbons (Fsp3) is 0.250. The van der Waals surface area contributed by atoms with Gasteiger partial charge in [0.2, 0.25) is 6.17 Å². The van der Waals surface area contributed by atoms with E-state index in [-0.39, 0.29) is 23.3 Å². The van der Waals surface area contributed by atoms with Crippen LogP contribution in [0.4, 0.5) is 30.6 Å². The number of benzodiazepines with no additional fused rings is 1. The predicted molar refractivity (Wildman–Crippen MR) is 145 cm³/mol. The summed E-state index contributed by atoms with van der Waals surface area (Å²) >= 11 is 0. The van der Waals surface area contributed by atoms with E-state index in [1.54, 1.807) is 12.1 Å². The molecule has 1 aliphatic carbocycles. The molecule has 4 aromatic rings. The standard InChI is InChI=1S/C28H24F3N7O3/c1-40-15-27(11-12-27)36-20-13-17(28(29,30)31)14-32-22(20)25-37-38-26(41-25)35-23-24(39)33-19-10-6-5-9-18(19)21(34-23)16-7-3-2-4-8-16/h2-10,13-14,23,36H,11-12,15H2,1H3,(H,33,39)(H,35,38). The van der Waals surface area contributed by atoms with Crippen LogP contribution in [0.25, 0.3) is 11.6 Å². The molecule has 2 aromatic heterocycles. The third-order valence-electron chi connectivity index (χ3n) is 6.77. The van der Waals surface area contributed by atoms with Gasteiger partial charge < -0.3 is 25.1 Å². The van der Waals surface area contributed by atoms with Crippen molar-refractivity contribution in [2.75, 3.05) is 29.7 Å². The van der Waals surface area contributed by atoms with Crippen molar-refractivity contribution in [2.24, 2.45) is 4.99 Å². The van der Waals surface area contributed by atoms with Crippen LogP contribution in [0.15, 0.2) is 76.3 Å². The van der Waals surface area contributed by atoms with Crippen LogP contribution in [0.5, 0.6) is 0 Å². The number of hydrogen-bond donors (Lipinski definition) is 3. The molecular formula is C28H24F3N7O3. The van der Waals surface area contributed by atoms with Gasteiger partial charge in [0, 0.05) is 24.4 Å². The predicted octanol–water partition coefficient (Wildman–Crippen LogP) is 4.97. The highest BCUT2D eigenvalue weighted by Crippen LogP contribution is 2.42. The maximum atomic E-state index is 13.5. The number of halogens is 3. The number of carbonyl (C=O) groups excluding carboxylic acids is 1. The molecule has 3 heterocycles. The summed E-state index contributed by atoms with van der Waals surface area (Å²) in [6, 6.07) is 17.5. The number of amides is 1. The van der Waals surface area contributed by atoms with Gasteiger partial charge in [0.15, 0.2) is 5.69 Å². The van der Waals surface area contributed by atoms with Gasteiger partial charge in [-0.15, -0.1) is 5.10 Å². The first-order chi connectivity index (χ1) is 19.7. The molecular weight excluding hydrogens is 539 g/mol. The Morgan fingerprint density at radius 1 is 1.10 bits per heavy atom. The van der Waals surface area contributed by atoms with Gasteiger partial charge in [-0.1, -0.05) is 53.6 Å². The second kappa shape index (κ2) is 10.3. The molecule has 41 heavy (non-hydrogen) atoms. The fourth-order valence-corrected chi connectivity index (χ4v) is 4.58. The van der Waals surface area contributed by atoms with Crippen molar-refractivity contribution in [3.8, 4) is 11.6 Å². The van der Waals surface area contributed by atoms with Crippen LogP contribution in [0.1, 0.15) is 29.5 Å². The smallest absolute Gasteiger partial charge is 0.402 e. The molecule has 2 aliphatic rings. The Balaban J connectivity index is 1.32. The minimum absolute atomic E-state index is 0.0344. The number of nitrogens with zero attached hydrogens (tertiary/aromatic N) is 4. The molecule has 1 unspecified atom stereocenters. The maximum absolute atomic E-state index is 13.5. The average molecular weight is 564 g/mol. The van der Waals surface area contributed by atoms with E-state index in [0.717, 1.165) is 17.2 Å². The molecule has 0 bridgehead atoms. The number of nitrogens with one attached hydrogen (secondary N) is 3. The quantitative estimate of drug-likeness (QED) is 0.274. The third-order valence-corrected chi connectivity index (χ3v) is 6.77. The molecule has 0 saturated heterocycles. The molecule has 3 N–H and O–H groups in total. The fourth-order valence-electron chi connectivity index (χ4n) is 4.58. The van der Waals surface area contributed by atoms with E-state index < -0.39 is 29.4 Å². The Hall–Kier alpha value is -4.78. The van der Waals surface area contributed by atoms with E-state index in [0.29, 0.717) is 37.0 Å². The summed E-state index contributed by atoms with van der Waals surface area (Å²) in [7, 11) is 1.52. The van der Waals surface area contributed by atoms with Crippen molar-refractivity contribution in [3.63, 3.8) is 0 Å². The van der Waals surface area contributed by atoms with Crippen molar-refractivity contribution in [1.29, 1.82) is 0 Å². The number of anilines is 3. The maximum Gasteiger partial charge on any atom is 0.417 e. The van der Waals surface area contributed by atoms with Crippen LogP contribution in [0, 0.1) is 0 Å². The number of hydrogen-bond acceptors (Lipinski definition) is 9. The Bertz CT molecular complexity index is 1620. The molecule has 1 aliphatic heterocycles. The minimum Gasteiger partial charge on any atom is -0.402 e. The second-order valence-corrected chi connectivity index (χ2v) is 9.79. The van der Waals surface area contributed by atoms with Crippen LogP contribution in [0.3, 0.4) is 0 Å². The lowest BCUT2D eigenvalue weighted by Gasteiger charge is -2.20. The van der Waals surface area contributed by atoms with Gasteiger partial charge in [0.25, 0.3) is 11.8 Å². The van der Waals surface area contributed by atoms with Gasteiger partial charge in [-0.25, -0.2) is 9.98 Å². The monoisotopic (exact) mass is 563 g/mol. The van der Waals surface area contributed by atoms with Crippen LogP contribution in [0.2, 0.25) is 0 Å². The molecule has 13 heteroatoms. The summed E-state index contributed by atoms with van der Waals surface area (Å²) in [5, 5.41) is 16.8. The van der Waals surface area contributed by atoms with Gasteiger partial charge in [-0.05, 0) is 25.0 Å². The highest BCUT2D eigenvalue weighted by molar-refractivity contribution is 6.19. The van der Waals surface area contributed by atoms with Crippen molar-refractivity contribution >= 4 is 29.0 Å². The molecule has 1 fully saturated rings. The summed E-state index contributed by atoms with van der Waals surface area (Å²) in [5.74, 6) is -0.602. The number of para-hydroxylation sites is 1. The first-order valence-electron chi connectivity index (χ1n) is 12.7. The van der Waals surface area contributed by atoms with Gasteiger partial charge in [-0.2, -0.15) is 13.2 Å². The van der Waals surface area contributed by atoms with Crippen LogP contribution in [-0.2, 0) is 15.7 Å². The number of fused-ring (bicyclic) bond motifs is 1. The Morgan fingerprint density at radius 3 is 2.59 bits per heavy atom. The number of rotatable bonds is 8. The number of methoxy groups -OCH3 is 1. The van der Waals surface area contributed by atoms with E-state index in [2.05, 4.69) is 36.1 Å². The highest BCUT2D eigenvalue weighted by atomic mass is 19.4. The number of carbonyl (C=O) groups is 1. The number of benzene rings is 2. The van der Waals surface area contributed by atoms with E-state index in [9.17, 15) is 18.0 Å². The zero-order valence-electron chi connectivity index (χ0n) is 21.7. The lowest BCUT2D eigenvalue weighted by atomic mass is 10.0. The summed E-state index contributed by atoms with van der Waals surface area (Å²) in [6.45, 7) is 0.306. The number of alkyl halides is 3. The van der Waals surface area contributed by atoms with Crippen molar-refractivity contribution in [3.05, 3.63) is 83.6 Å². The second-order valence-electron chi connectivity index (χ2n) is 9.79. The molecule has 1 saturated carbocycles. The van der Waals surface area contributed by atoms with Crippen molar-refractivity contribution in [2.45, 2.75) is 30.7 Å². The molecule has 10 nitrogen and oxygen atoms in total. The first-order valence-corrected chi connectivity index (χ1v) is 12.7. The van der Waals surface area contributed by atoms with Crippen LogP contribution >= 0.6 is 0 Å². The number of aromatic nitrogens is 3. The van der Waals surface area contributed by atoms with E-state index >= 15 is 0 Å². The molecule has 210 valence electrons. The SMILES string of the molecule is COCC1(Nc2cc(C(F)(F)F)cnc2-c2nnc(NC3N=C(c4ccccc4)c4ccccc4NC3=O)o2)CC1. The summed E-state index contributed by atoms with van der Waals surface area (Å²) < 4.78 is 51.4. The lowest BCUT2D eigenvalue weighted by Crippen LogP contribution is -2.32. The van der Waals surface area contributed by atoms with E-state index in [1.165, 1.54) is 7.11 Å². The zero-order valence-corrected chi connectivity index (χ0v) is 21.7. The van der Waals surface area contributed by atoms with Gasteiger partial charge in [0.05, 0.1) is 34.8 Å². The molecule has 1 atom stereocenters. The van der Waals surface area contributed by atoms with E-state index in [1.807, 2.05) is 42.5 Å². The van der Waals surface area contributed by atoms with Gasteiger partial charge in [0.1, 0.15) is 0 Å². The molecule has 1 amide bonds. The Morgan fingerprint density at radius 2 is 1.85 bits per heavy atom. The molecule has 0 radical (unpaired) electrons. The number of ether oxygens (including phenoxy) is 1. The third kappa shape index (κ3) is 5.48. The number of aliphatic imine (C=N–C) groups is 1. The van der Waals surface area contributed by atoms with Crippen LogP contribution in [-0.4, -0.2) is 52.2 Å². The Labute approximate surface area is 232 Å². The van der Waals surface area contributed by atoms with Gasteiger partial charge in [-0.3, -0.25) is 4.79 Å². The minimum atomic E-state index is -4.60. The highest BCUT2D eigenvalue weighted by Gasteiger charge is 2.44. The summed E-state index contributed by atoms with van der Waals surface area (Å²) in [4.78, 5) is 21.8. The lowest BCUT2D eigenvalue weighted by molar-refractivity contribution is -0.137. The summed E-state index contributed by atoms with van der Waals surface area (Å²) in [5.41, 5.74) is 1.37. The number of pyridine rings is 1. The normalized spacial score (nSPS) is 17.6. The average Bonchev–Trinajstić information content (AvgIpc) is 3.58. The topological polar surface area (TPSA) is 127 Å². The van der Waals surface area contributed by atoms with Crippen molar-refractivity contribution in [1.82, 2.24) is 15.2 Å². The van der Waals surface area contributed by atoms with E-state index in [4.69, 9.17) is 9.15 Å².